The summed E-state index contributed by atoms with van der Waals surface area (Å²) in [5.74, 6) is -0.300. The maximum Gasteiger partial charge on any atom is 0.322 e. The zero-order chi connectivity index (χ0) is 21.0. The van der Waals surface area contributed by atoms with E-state index in [4.69, 9.17) is 16.3 Å². The minimum atomic E-state index is -3.69. The van der Waals surface area contributed by atoms with Gasteiger partial charge in [-0.1, -0.05) is 23.7 Å². The van der Waals surface area contributed by atoms with Gasteiger partial charge in [-0.3, -0.25) is 4.79 Å². The van der Waals surface area contributed by atoms with Crippen LogP contribution in [-0.4, -0.2) is 91.7 Å². The second kappa shape index (κ2) is 7.12. The smallest absolute Gasteiger partial charge is 0.322 e. The number of morpholine rings is 1. The first-order valence-corrected chi connectivity index (χ1v) is 11.2. The third-order valence-corrected chi connectivity index (χ3v) is 8.37. The number of fused-ring (bicyclic) bond motifs is 1. The number of likely N-dealkylation sites (N-methyl/N-ethyl adjacent to an activating group) is 1. The normalized spacial score (nSPS) is 30.1. The average Bonchev–Trinajstić information content (AvgIpc) is 3.02. The Morgan fingerprint density at radius 1 is 1.31 bits per heavy atom. The molecule has 3 aliphatic rings. The Hall–Kier alpha value is -1.88. The van der Waals surface area contributed by atoms with Crippen LogP contribution in [0.5, 0.6) is 0 Å². The van der Waals surface area contributed by atoms with E-state index < -0.39 is 20.9 Å². The predicted octanol–water partition coefficient (Wildman–Crippen LogP) is 0.817. The van der Waals surface area contributed by atoms with Crippen LogP contribution in [0.3, 0.4) is 0 Å². The van der Waals surface area contributed by atoms with Crippen LogP contribution in [0.4, 0.5) is 10.5 Å². The van der Waals surface area contributed by atoms with Gasteiger partial charge in [-0.25, -0.2) is 13.2 Å². The Morgan fingerprint density at radius 3 is 2.72 bits per heavy atom. The molecule has 1 spiro atoms. The van der Waals surface area contributed by atoms with E-state index in [-0.39, 0.29) is 37.7 Å². The van der Waals surface area contributed by atoms with Crippen molar-refractivity contribution in [1.82, 2.24) is 14.1 Å². The zero-order valence-electron chi connectivity index (χ0n) is 16.2. The molecule has 3 amide bonds. The molecule has 0 radical (unpaired) electrons. The fourth-order valence-corrected chi connectivity index (χ4v) is 6.73. The number of likely N-dealkylation sites (tertiary alicyclic amines) is 1. The summed E-state index contributed by atoms with van der Waals surface area (Å²) in [6.45, 7) is 0.274. The van der Waals surface area contributed by atoms with Gasteiger partial charge in [-0.05, 0) is 18.6 Å². The van der Waals surface area contributed by atoms with Gasteiger partial charge in [0, 0.05) is 27.2 Å². The molecule has 1 aromatic carbocycles. The number of amides is 3. The molecule has 3 atom stereocenters. The number of hydrogen-bond acceptors (Lipinski definition) is 5. The highest BCUT2D eigenvalue weighted by Crippen LogP contribution is 2.46. The first-order chi connectivity index (χ1) is 13.6. The average molecular weight is 443 g/mol. The van der Waals surface area contributed by atoms with Gasteiger partial charge in [0.25, 0.3) is 0 Å². The first kappa shape index (κ1) is 20.4. The molecule has 4 rings (SSSR count). The lowest BCUT2D eigenvalue weighted by Crippen LogP contribution is -2.57. The molecule has 0 aliphatic carbocycles. The number of sulfonamides is 1. The van der Waals surface area contributed by atoms with Crippen LogP contribution in [0.1, 0.15) is 6.42 Å². The molecule has 158 valence electrons. The maximum absolute atomic E-state index is 13.0. The SMILES string of the molecule is CN(C)C(=O)CN1C[C@@]23CN(C(=O)Nc4ccccc4Cl)C[C@@H](C[C@@H]2S1(=O)=O)O3. The molecular formula is C18H23ClN4O5S. The van der Waals surface area contributed by atoms with Crippen molar-refractivity contribution in [3.8, 4) is 0 Å². The van der Waals surface area contributed by atoms with Crippen molar-refractivity contribution in [2.24, 2.45) is 0 Å². The Labute approximate surface area is 174 Å². The maximum atomic E-state index is 13.0. The number of nitrogens with zero attached hydrogens (tertiary/aromatic N) is 3. The summed E-state index contributed by atoms with van der Waals surface area (Å²) in [5.41, 5.74) is -0.532. The Balaban J connectivity index is 1.53. The zero-order valence-corrected chi connectivity index (χ0v) is 17.7. The van der Waals surface area contributed by atoms with E-state index >= 15 is 0 Å². The van der Waals surface area contributed by atoms with Gasteiger partial charge in [0.15, 0.2) is 0 Å². The number of nitrogens with one attached hydrogen (secondary N) is 1. The van der Waals surface area contributed by atoms with E-state index in [1.54, 1.807) is 43.3 Å². The summed E-state index contributed by atoms with van der Waals surface area (Å²) in [7, 11) is -0.527. The molecule has 9 nitrogen and oxygen atoms in total. The van der Waals surface area contributed by atoms with Gasteiger partial charge in [0.2, 0.25) is 15.9 Å². The second-order valence-corrected chi connectivity index (χ2v) is 10.4. The summed E-state index contributed by atoms with van der Waals surface area (Å²) >= 11 is 6.12. The molecule has 29 heavy (non-hydrogen) atoms. The minimum absolute atomic E-state index is 0.0615. The third-order valence-electron chi connectivity index (χ3n) is 5.72. The lowest BCUT2D eigenvalue weighted by Gasteiger charge is -2.39. The van der Waals surface area contributed by atoms with Crippen molar-refractivity contribution < 1.29 is 22.7 Å². The van der Waals surface area contributed by atoms with Crippen LogP contribution in [0, 0.1) is 0 Å². The van der Waals surface area contributed by atoms with Crippen molar-refractivity contribution in [2.75, 3.05) is 45.6 Å². The topological polar surface area (TPSA) is 99.3 Å². The molecule has 0 aromatic heterocycles. The fourth-order valence-electron chi connectivity index (χ4n) is 4.29. The number of halogens is 1. The Kier molecular flexibility index (Phi) is 5.01. The van der Waals surface area contributed by atoms with Gasteiger partial charge >= 0.3 is 6.03 Å². The molecule has 3 heterocycles. The number of hydrogen-bond donors (Lipinski definition) is 1. The van der Waals surface area contributed by atoms with Crippen molar-refractivity contribution in [3.63, 3.8) is 0 Å². The molecule has 0 unspecified atom stereocenters. The number of para-hydroxylation sites is 1. The second-order valence-electron chi connectivity index (χ2n) is 7.92. The van der Waals surface area contributed by atoms with Gasteiger partial charge in [0.05, 0.1) is 29.9 Å². The summed E-state index contributed by atoms with van der Waals surface area (Å²) in [6.07, 6.45) is -0.0440. The molecule has 3 fully saturated rings. The first-order valence-electron chi connectivity index (χ1n) is 9.30. The molecule has 3 aliphatic heterocycles. The van der Waals surface area contributed by atoms with Crippen molar-refractivity contribution in [3.05, 3.63) is 29.3 Å². The molecule has 1 N–H and O–H groups in total. The van der Waals surface area contributed by atoms with E-state index in [0.29, 0.717) is 23.7 Å². The highest BCUT2D eigenvalue weighted by atomic mass is 35.5. The van der Waals surface area contributed by atoms with Crippen molar-refractivity contribution in [2.45, 2.75) is 23.4 Å². The number of urea groups is 1. The number of carbonyl (C=O) groups excluding carboxylic acids is 2. The van der Waals surface area contributed by atoms with Crippen molar-refractivity contribution in [1.29, 1.82) is 0 Å². The molecular weight excluding hydrogens is 420 g/mol. The van der Waals surface area contributed by atoms with Gasteiger partial charge in [-0.2, -0.15) is 4.31 Å². The predicted molar refractivity (Wildman–Crippen MR) is 107 cm³/mol. The summed E-state index contributed by atoms with van der Waals surface area (Å²) in [5, 5.41) is 2.44. The minimum Gasteiger partial charge on any atom is -0.365 e. The fraction of sp³-hybridized carbons (Fsp3) is 0.556. The monoisotopic (exact) mass is 442 g/mol. The van der Waals surface area contributed by atoms with E-state index in [1.807, 2.05) is 0 Å². The van der Waals surface area contributed by atoms with Crippen LogP contribution in [0.2, 0.25) is 5.02 Å². The van der Waals surface area contributed by atoms with Crippen LogP contribution >= 0.6 is 11.6 Å². The quantitative estimate of drug-likeness (QED) is 0.747. The van der Waals surface area contributed by atoms with Crippen LogP contribution in [0.15, 0.2) is 24.3 Å². The molecule has 11 heteroatoms. The largest absolute Gasteiger partial charge is 0.365 e. The van der Waals surface area contributed by atoms with E-state index in [9.17, 15) is 18.0 Å². The highest BCUT2D eigenvalue weighted by molar-refractivity contribution is 7.90. The van der Waals surface area contributed by atoms with E-state index in [1.165, 1.54) is 9.21 Å². The highest BCUT2D eigenvalue weighted by Gasteiger charge is 2.65. The number of rotatable bonds is 3. The van der Waals surface area contributed by atoms with Gasteiger partial charge < -0.3 is 19.9 Å². The Bertz CT molecular complexity index is 955. The van der Waals surface area contributed by atoms with Crippen LogP contribution in [-0.2, 0) is 19.6 Å². The summed E-state index contributed by atoms with van der Waals surface area (Å²) in [4.78, 5) is 27.8. The summed E-state index contributed by atoms with van der Waals surface area (Å²) < 4.78 is 33.3. The number of anilines is 1. The number of ether oxygens (including phenoxy) is 1. The summed E-state index contributed by atoms with van der Waals surface area (Å²) in [6, 6.07) is 6.56. The van der Waals surface area contributed by atoms with Gasteiger partial charge in [0.1, 0.15) is 10.9 Å². The molecule has 2 bridgehead atoms. The molecule has 3 saturated heterocycles. The lowest BCUT2D eigenvalue weighted by molar-refractivity contribution is -0.130. The molecule has 0 saturated carbocycles. The van der Waals surface area contributed by atoms with Crippen molar-refractivity contribution >= 4 is 39.2 Å². The van der Waals surface area contributed by atoms with Crippen LogP contribution < -0.4 is 5.32 Å². The van der Waals surface area contributed by atoms with Gasteiger partial charge in [-0.15, -0.1) is 0 Å². The number of carbonyl (C=O) groups is 2. The van der Waals surface area contributed by atoms with Crippen LogP contribution in [0.25, 0.3) is 0 Å². The number of benzene rings is 1. The van der Waals surface area contributed by atoms with E-state index in [2.05, 4.69) is 5.32 Å². The molecule has 1 aromatic rings. The Morgan fingerprint density at radius 2 is 2.03 bits per heavy atom. The lowest BCUT2D eigenvalue weighted by atomic mass is 9.99. The van der Waals surface area contributed by atoms with E-state index in [0.717, 1.165) is 0 Å². The third kappa shape index (κ3) is 3.48. The standard InChI is InChI=1S/C18H23ClN4O5S/c1-21(2)16(24)9-23-11-18-10-22(8-12(28-18)7-15(18)29(23,26)27)17(25)20-14-6-4-3-5-13(14)19/h3-6,12,15H,7-11H2,1-2H3,(H,20,25)/t12-,15+,18+/m1/s1.